The van der Waals surface area contributed by atoms with E-state index in [1.807, 2.05) is 0 Å². The maximum Gasteiger partial charge on any atom is 0.312 e. The average Bonchev–Trinajstić information content (AvgIpc) is 2.31. The van der Waals surface area contributed by atoms with E-state index in [9.17, 15) is 18.7 Å². The predicted octanol–water partition coefficient (Wildman–Crippen LogP) is 2.57. The summed E-state index contributed by atoms with van der Waals surface area (Å²) in [5.41, 5.74) is -0.628. The molecule has 0 saturated heterocycles. The van der Waals surface area contributed by atoms with Crippen LogP contribution in [0.25, 0.3) is 0 Å². The van der Waals surface area contributed by atoms with Crippen LogP contribution < -0.4 is 0 Å². The first-order chi connectivity index (χ1) is 8.49. The molecule has 0 saturated carbocycles. The molecule has 0 amide bonds. The average molecular weight is 280 g/mol. The third-order valence-electron chi connectivity index (χ3n) is 2.16. The summed E-state index contributed by atoms with van der Waals surface area (Å²) in [4.78, 5) is 14.8. The summed E-state index contributed by atoms with van der Waals surface area (Å²) in [6, 6.07) is 1.09. The Balaban J connectivity index is 3.05. The van der Waals surface area contributed by atoms with Gasteiger partial charge in [0.15, 0.2) is 0 Å². The molecule has 0 fully saturated rings. The molecule has 1 aromatic rings. The van der Waals surface area contributed by atoms with Crippen LogP contribution in [-0.2, 0) is 21.8 Å². The monoisotopic (exact) mass is 279 g/mol. The summed E-state index contributed by atoms with van der Waals surface area (Å²) in [7, 11) is 0. The Morgan fingerprint density at radius 1 is 1.61 bits per heavy atom. The number of halogens is 3. The van der Waals surface area contributed by atoms with Gasteiger partial charge in [-0.05, 0) is 18.6 Å². The minimum atomic E-state index is -2.82. The molecular weight excluding hydrogens is 268 g/mol. The van der Waals surface area contributed by atoms with Crippen molar-refractivity contribution in [3.05, 3.63) is 23.0 Å². The van der Waals surface area contributed by atoms with Crippen LogP contribution in [0.4, 0.5) is 8.78 Å². The van der Waals surface area contributed by atoms with E-state index in [1.165, 1.54) is 0 Å². The lowest BCUT2D eigenvalue weighted by Gasteiger charge is -2.10. The van der Waals surface area contributed by atoms with E-state index in [1.54, 1.807) is 6.92 Å². The SMILES string of the molecule is CCOC(=O)Cc1nc(C(F)F)c(CCl)cc1O. The van der Waals surface area contributed by atoms with E-state index in [4.69, 9.17) is 11.6 Å². The van der Waals surface area contributed by atoms with Gasteiger partial charge in [0.25, 0.3) is 6.43 Å². The van der Waals surface area contributed by atoms with Crippen LogP contribution in [0.5, 0.6) is 5.75 Å². The summed E-state index contributed by atoms with van der Waals surface area (Å²) >= 11 is 5.48. The molecule has 0 aromatic carbocycles. The zero-order valence-corrected chi connectivity index (χ0v) is 10.4. The molecule has 0 aliphatic rings. The van der Waals surface area contributed by atoms with E-state index < -0.39 is 18.1 Å². The third kappa shape index (κ3) is 3.53. The molecule has 7 heteroatoms. The summed E-state index contributed by atoms with van der Waals surface area (Å²) in [5, 5.41) is 9.57. The highest BCUT2D eigenvalue weighted by Gasteiger charge is 2.19. The summed E-state index contributed by atoms with van der Waals surface area (Å²) in [5.74, 6) is -1.18. The molecule has 0 bridgehead atoms. The molecule has 18 heavy (non-hydrogen) atoms. The van der Waals surface area contributed by atoms with E-state index in [0.29, 0.717) is 0 Å². The van der Waals surface area contributed by atoms with Crippen molar-refractivity contribution < 1.29 is 23.4 Å². The van der Waals surface area contributed by atoms with Crippen molar-refractivity contribution >= 4 is 17.6 Å². The zero-order chi connectivity index (χ0) is 13.7. The van der Waals surface area contributed by atoms with Crippen LogP contribution in [0.3, 0.4) is 0 Å². The molecule has 0 aliphatic carbocycles. The number of hydrogen-bond donors (Lipinski definition) is 1. The first-order valence-corrected chi connectivity index (χ1v) is 5.74. The third-order valence-corrected chi connectivity index (χ3v) is 2.45. The Bertz CT molecular complexity index is 441. The Morgan fingerprint density at radius 2 is 2.28 bits per heavy atom. The molecule has 100 valence electrons. The predicted molar refractivity (Wildman–Crippen MR) is 60.8 cm³/mol. The molecule has 0 spiro atoms. The van der Waals surface area contributed by atoms with Gasteiger partial charge in [0.05, 0.1) is 18.7 Å². The number of aromatic nitrogens is 1. The first kappa shape index (κ1) is 14.6. The number of ether oxygens (including phenoxy) is 1. The lowest BCUT2D eigenvalue weighted by Crippen LogP contribution is -2.11. The second-order valence-corrected chi connectivity index (χ2v) is 3.68. The van der Waals surface area contributed by atoms with Gasteiger partial charge in [0.1, 0.15) is 11.4 Å². The number of nitrogens with zero attached hydrogens (tertiary/aromatic N) is 1. The van der Waals surface area contributed by atoms with Gasteiger partial charge in [-0.15, -0.1) is 11.6 Å². The minimum absolute atomic E-state index is 0.0387. The van der Waals surface area contributed by atoms with Crippen LogP contribution in [0.2, 0.25) is 0 Å². The minimum Gasteiger partial charge on any atom is -0.506 e. The van der Waals surface area contributed by atoms with E-state index in [0.717, 1.165) is 6.07 Å². The highest BCUT2D eigenvalue weighted by Crippen LogP contribution is 2.27. The van der Waals surface area contributed by atoms with Gasteiger partial charge < -0.3 is 9.84 Å². The smallest absolute Gasteiger partial charge is 0.312 e. The van der Waals surface area contributed by atoms with E-state index in [2.05, 4.69) is 9.72 Å². The number of pyridine rings is 1. The van der Waals surface area contributed by atoms with Gasteiger partial charge in [-0.3, -0.25) is 4.79 Å². The molecule has 1 N–H and O–H groups in total. The first-order valence-electron chi connectivity index (χ1n) is 5.21. The zero-order valence-electron chi connectivity index (χ0n) is 9.62. The Labute approximate surface area is 108 Å². The van der Waals surface area contributed by atoms with Crippen LogP contribution in [0.15, 0.2) is 6.07 Å². The van der Waals surface area contributed by atoms with Crippen molar-refractivity contribution in [3.63, 3.8) is 0 Å². The maximum absolute atomic E-state index is 12.7. The van der Waals surface area contributed by atoms with E-state index >= 15 is 0 Å². The number of rotatable bonds is 5. The van der Waals surface area contributed by atoms with Crippen LogP contribution >= 0.6 is 11.6 Å². The van der Waals surface area contributed by atoms with Crippen molar-refractivity contribution in [1.29, 1.82) is 0 Å². The second-order valence-electron chi connectivity index (χ2n) is 3.41. The van der Waals surface area contributed by atoms with E-state index in [-0.39, 0.29) is 35.9 Å². The van der Waals surface area contributed by atoms with Crippen molar-refractivity contribution in [1.82, 2.24) is 4.98 Å². The van der Waals surface area contributed by atoms with Crippen molar-refractivity contribution in [2.24, 2.45) is 0 Å². The number of alkyl halides is 3. The lowest BCUT2D eigenvalue weighted by molar-refractivity contribution is -0.142. The van der Waals surface area contributed by atoms with Crippen molar-refractivity contribution in [2.45, 2.75) is 25.7 Å². The fraction of sp³-hybridized carbons (Fsp3) is 0.455. The summed E-state index contributed by atoms with van der Waals surface area (Å²) in [6.07, 6.45) is -3.18. The topological polar surface area (TPSA) is 59.4 Å². The highest BCUT2D eigenvalue weighted by atomic mass is 35.5. The number of esters is 1. The second kappa shape index (κ2) is 6.49. The van der Waals surface area contributed by atoms with Gasteiger partial charge in [-0.2, -0.15) is 0 Å². The quantitative estimate of drug-likeness (QED) is 0.665. The largest absolute Gasteiger partial charge is 0.506 e. The Hall–Kier alpha value is -1.43. The lowest BCUT2D eigenvalue weighted by atomic mass is 10.1. The fourth-order valence-electron chi connectivity index (χ4n) is 1.37. The molecule has 1 aromatic heterocycles. The van der Waals surface area contributed by atoms with Gasteiger partial charge in [0, 0.05) is 5.88 Å². The Kier molecular flexibility index (Phi) is 5.27. The number of carbonyl (C=O) groups is 1. The summed E-state index contributed by atoms with van der Waals surface area (Å²) < 4.78 is 30.0. The number of aromatic hydroxyl groups is 1. The van der Waals surface area contributed by atoms with Crippen LogP contribution in [0.1, 0.15) is 30.3 Å². The molecular formula is C11H12ClF2NO3. The Morgan fingerprint density at radius 3 is 2.78 bits per heavy atom. The highest BCUT2D eigenvalue weighted by molar-refractivity contribution is 6.17. The van der Waals surface area contributed by atoms with Crippen LogP contribution in [-0.4, -0.2) is 22.7 Å². The molecule has 1 rings (SSSR count). The molecule has 0 unspecified atom stereocenters. The van der Waals surface area contributed by atoms with Crippen LogP contribution in [0, 0.1) is 0 Å². The number of carbonyl (C=O) groups excluding carboxylic acids is 1. The van der Waals surface area contributed by atoms with Gasteiger partial charge in [0.2, 0.25) is 0 Å². The van der Waals surface area contributed by atoms with Gasteiger partial charge >= 0.3 is 5.97 Å². The van der Waals surface area contributed by atoms with Crippen molar-refractivity contribution in [3.8, 4) is 5.75 Å². The normalized spacial score (nSPS) is 10.7. The number of hydrogen-bond acceptors (Lipinski definition) is 4. The van der Waals surface area contributed by atoms with Gasteiger partial charge in [-0.1, -0.05) is 0 Å². The maximum atomic E-state index is 12.7. The van der Waals surface area contributed by atoms with Crippen molar-refractivity contribution in [2.75, 3.05) is 6.61 Å². The summed E-state index contributed by atoms with van der Waals surface area (Å²) in [6.45, 7) is 1.79. The van der Waals surface area contributed by atoms with Gasteiger partial charge in [-0.25, -0.2) is 13.8 Å². The molecule has 0 aliphatic heterocycles. The molecule has 1 heterocycles. The molecule has 0 atom stereocenters. The molecule has 0 radical (unpaired) electrons. The fourth-order valence-corrected chi connectivity index (χ4v) is 1.59. The standard InChI is InChI=1S/C11H12ClF2NO3/c1-2-18-9(17)4-7-8(16)3-6(5-12)10(15-7)11(13)14/h3,11,16H,2,4-5H2,1H3. The molecule has 4 nitrogen and oxygen atoms in total.